The predicted molar refractivity (Wildman–Crippen MR) is 189 cm³/mol. The maximum atomic E-state index is 13.7. The van der Waals surface area contributed by atoms with E-state index < -0.39 is 5.92 Å². The molecule has 4 aromatic rings. The lowest BCUT2D eigenvalue weighted by atomic mass is 9.96. The second-order valence-corrected chi connectivity index (χ2v) is 15.2. The van der Waals surface area contributed by atoms with Crippen molar-refractivity contribution in [1.82, 2.24) is 10.3 Å². The van der Waals surface area contributed by atoms with E-state index in [0.717, 1.165) is 52.3 Å². The summed E-state index contributed by atoms with van der Waals surface area (Å²) >= 11 is 0. The van der Waals surface area contributed by atoms with Crippen LogP contribution in [0.2, 0.25) is 0 Å². The Bertz CT molecular complexity index is 1690. The molecule has 0 radical (unpaired) electrons. The Kier molecular flexibility index (Phi) is 11.4. The molecule has 3 aromatic carbocycles. The van der Waals surface area contributed by atoms with Gasteiger partial charge in [-0.3, -0.25) is 14.6 Å². The highest BCUT2D eigenvalue weighted by Crippen LogP contribution is 2.49. The molecule has 0 aliphatic carbocycles. The molecule has 1 aliphatic heterocycles. The van der Waals surface area contributed by atoms with E-state index in [9.17, 15) is 14.4 Å². The fraction of sp³-hybridized carbons (Fsp3) is 0.351. The van der Waals surface area contributed by atoms with Crippen molar-refractivity contribution in [3.8, 4) is 0 Å². The number of esters is 1. The molecular formula is C37H41N3O4S2. The molecule has 1 saturated heterocycles. The highest BCUT2D eigenvalue weighted by Gasteiger charge is 2.29. The van der Waals surface area contributed by atoms with Gasteiger partial charge in [-0.2, -0.15) is 0 Å². The largest absolute Gasteiger partial charge is 0.457 e. The minimum atomic E-state index is -0.616. The van der Waals surface area contributed by atoms with Crippen LogP contribution in [-0.4, -0.2) is 39.8 Å². The van der Waals surface area contributed by atoms with E-state index >= 15 is 0 Å². The Morgan fingerprint density at radius 2 is 1.80 bits per heavy atom. The summed E-state index contributed by atoms with van der Waals surface area (Å²) in [4.78, 5) is 43.3. The molecule has 2 heterocycles. The molecule has 7 nitrogen and oxygen atoms in total. The molecule has 2 N–H and O–H groups in total. The fourth-order valence-corrected chi connectivity index (χ4v) is 8.90. The quantitative estimate of drug-likeness (QED) is 0.0852. The second kappa shape index (κ2) is 15.6. The highest BCUT2D eigenvalue weighted by molar-refractivity contribution is 8.77. The van der Waals surface area contributed by atoms with E-state index in [1.165, 1.54) is 12.2 Å². The van der Waals surface area contributed by atoms with Crippen LogP contribution < -0.4 is 10.6 Å². The average Bonchev–Trinajstić information content (AvgIpc) is 3.49. The third-order valence-corrected chi connectivity index (χ3v) is 11.8. The second-order valence-electron chi connectivity index (χ2n) is 12.2. The molecule has 5 rings (SSSR count). The molecule has 1 aliphatic rings. The van der Waals surface area contributed by atoms with Crippen LogP contribution in [0.4, 0.5) is 5.69 Å². The minimum Gasteiger partial charge on any atom is -0.457 e. The Morgan fingerprint density at radius 3 is 2.57 bits per heavy atom. The summed E-state index contributed by atoms with van der Waals surface area (Å²) in [7, 11) is 3.91. The Hall–Kier alpha value is -3.82. The van der Waals surface area contributed by atoms with E-state index in [2.05, 4.69) is 22.5 Å². The number of fused-ring (bicyclic) bond motifs is 1. The summed E-state index contributed by atoms with van der Waals surface area (Å²) in [6.07, 6.45) is 8.10. The van der Waals surface area contributed by atoms with Gasteiger partial charge in [-0.15, -0.1) is 0 Å². The standard InChI is InChI=1S/C37H41N3O4S2/c1-25-7-14-32(26(2)20-25)36(43)44-24-27-8-10-28(11-9-27)33(23-39-34(41)6-4-5-16-37(3)17-19-45-46-37)35(42)40-31-13-12-30-22-38-18-15-29(30)21-31/h7-15,18,20-22,33H,4-6,16-17,19,23-24H2,1-3H3,(H,39,41)(H,40,42)/t33-,37-/m1/s1. The lowest BCUT2D eigenvalue weighted by molar-refractivity contribution is -0.121. The van der Waals surface area contributed by atoms with Crippen molar-refractivity contribution < 1.29 is 19.1 Å². The summed E-state index contributed by atoms with van der Waals surface area (Å²) in [5.74, 6) is -0.0609. The number of nitrogens with zero attached hydrogens (tertiary/aromatic N) is 1. The van der Waals surface area contributed by atoms with Crippen LogP contribution in [-0.2, 0) is 20.9 Å². The molecule has 9 heteroatoms. The number of carbonyl (C=O) groups excluding carboxylic acids is 3. The number of carbonyl (C=O) groups is 3. The summed E-state index contributed by atoms with van der Waals surface area (Å²) in [5, 5.41) is 8.01. The number of hydrogen-bond acceptors (Lipinski definition) is 7. The number of amides is 2. The van der Waals surface area contributed by atoms with Gasteiger partial charge in [0.1, 0.15) is 6.61 Å². The van der Waals surface area contributed by atoms with Gasteiger partial charge in [-0.1, -0.05) is 76.0 Å². The van der Waals surface area contributed by atoms with Crippen molar-refractivity contribution in [3.05, 3.63) is 107 Å². The highest BCUT2D eigenvalue weighted by atomic mass is 33.1. The van der Waals surface area contributed by atoms with Crippen molar-refractivity contribution in [3.63, 3.8) is 0 Å². The number of unbranched alkanes of at least 4 members (excludes halogenated alkanes) is 1. The van der Waals surface area contributed by atoms with Gasteiger partial charge in [0.25, 0.3) is 0 Å². The van der Waals surface area contributed by atoms with Crippen LogP contribution in [0.3, 0.4) is 0 Å². The maximum Gasteiger partial charge on any atom is 0.338 e. The molecule has 1 aromatic heterocycles. The van der Waals surface area contributed by atoms with Gasteiger partial charge >= 0.3 is 5.97 Å². The van der Waals surface area contributed by atoms with Crippen LogP contribution in [0, 0.1) is 13.8 Å². The van der Waals surface area contributed by atoms with Crippen LogP contribution >= 0.6 is 21.6 Å². The molecule has 2 atom stereocenters. The molecule has 2 amide bonds. The Morgan fingerprint density at radius 1 is 0.978 bits per heavy atom. The van der Waals surface area contributed by atoms with Gasteiger partial charge in [0.2, 0.25) is 11.8 Å². The molecule has 0 spiro atoms. The van der Waals surface area contributed by atoms with Crippen LogP contribution in [0.5, 0.6) is 0 Å². The van der Waals surface area contributed by atoms with Crippen LogP contribution in [0.1, 0.15) is 77.6 Å². The third kappa shape index (κ3) is 9.13. The molecule has 0 saturated carbocycles. The van der Waals surface area contributed by atoms with Crippen molar-refractivity contribution in [1.29, 1.82) is 0 Å². The number of hydrogen-bond donors (Lipinski definition) is 2. The van der Waals surface area contributed by atoms with E-state index in [1.54, 1.807) is 18.5 Å². The number of ether oxygens (including phenoxy) is 1. The topological polar surface area (TPSA) is 97.4 Å². The van der Waals surface area contributed by atoms with E-state index in [0.29, 0.717) is 22.4 Å². The number of nitrogens with one attached hydrogen (secondary N) is 2. The van der Waals surface area contributed by atoms with Crippen molar-refractivity contribution in [2.45, 2.75) is 70.1 Å². The molecule has 46 heavy (non-hydrogen) atoms. The molecule has 1 fully saturated rings. The van der Waals surface area contributed by atoms with Gasteiger partial charge in [0, 0.05) is 46.9 Å². The predicted octanol–water partition coefficient (Wildman–Crippen LogP) is 8.15. The Labute approximate surface area is 279 Å². The number of pyridine rings is 1. The number of aryl methyl sites for hydroxylation is 2. The van der Waals surface area contributed by atoms with E-state index in [4.69, 9.17) is 4.74 Å². The van der Waals surface area contributed by atoms with Crippen molar-refractivity contribution >= 4 is 55.8 Å². The van der Waals surface area contributed by atoms with Crippen LogP contribution in [0.25, 0.3) is 10.8 Å². The summed E-state index contributed by atoms with van der Waals surface area (Å²) in [6, 6.07) is 20.7. The average molecular weight is 656 g/mol. The van der Waals surface area contributed by atoms with Crippen molar-refractivity contribution in [2.24, 2.45) is 0 Å². The Balaban J connectivity index is 1.22. The van der Waals surface area contributed by atoms with Gasteiger partial charge in [0.15, 0.2) is 0 Å². The first-order valence-electron chi connectivity index (χ1n) is 15.7. The molecular weight excluding hydrogens is 615 g/mol. The van der Waals surface area contributed by atoms with Gasteiger partial charge < -0.3 is 15.4 Å². The lowest BCUT2D eigenvalue weighted by Crippen LogP contribution is -2.34. The third-order valence-electron chi connectivity index (χ3n) is 8.42. The maximum absolute atomic E-state index is 13.7. The zero-order chi connectivity index (χ0) is 32.5. The number of anilines is 1. The van der Waals surface area contributed by atoms with Crippen molar-refractivity contribution in [2.75, 3.05) is 17.6 Å². The smallest absolute Gasteiger partial charge is 0.338 e. The van der Waals surface area contributed by atoms with Crippen LogP contribution in [0.15, 0.2) is 79.1 Å². The SMILES string of the molecule is Cc1ccc(C(=O)OCc2ccc([C@@H](CNC(=O)CCCC[C@]3(C)CCSS3)C(=O)Nc3ccc4cnccc4c3)cc2)c(C)c1. The first-order valence-corrected chi connectivity index (χ1v) is 18.1. The van der Waals surface area contributed by atoms with E-state index in [-0.39, 0.29) is 30.9 Å². The number of rotatable bonds is 13. The first-order chi connectivity index (χ1) is 22.2. The summed E-state index contributed by atoms with van der Waals surface area (Å²) < 4.78 is 5.89. The summed E-state index contributed by atoms with van der Waals surface area (Å²) in [6.45, 7) is 6.48. The van der Waals surface area contributed by atoms with Gasteiger partial charge in [-0.05, 0) is 86.4 Å². The summed E-state index contributed by atoms with van der Waals surface area (Å²) in [5.41, 5.74) is 4.75. The first kappa shape index (κ1) is 33.5. The fourth-order valence-electron chi connectivity index (χ4n) is 5.61. The molecule has 0 bridgehead atoms. The lowest BCUT2D eigenvalue weighted by Gasteiger charge is -2.21. The zero-order valence-electron chi connectivity index (χ0n) is 26.6. The normalized spacial score (nSPS) is 16.6. The van der Waals surface area contributed by atoms with Gasteiger partial charge in [0.05, 0.1) is 11.5 Å². The molecule has 0 unspecified atom stereocenters. The van der Waals surface area contributed by atoms with E-state index in [1.807, 2.05) is 96.1 Å². The van der Waals surface area contributed by atoms with Gasteiger partial charge in [-0.25, -0.2) is 4.79 Å². The minimum absolute atomic E-state index is 0.0514. The zero-order valence-corrected chi connectivity index (χ0v) is 28.3. The number of aromatic nitrogens is 1. The number of benzene rings is 3. The monoisotopic (exact) mass is 655 g/mol. The molecule has 240 valence electrons.